The maximum absolute atomic E-state index is 14.4. The standard InChI is InChI=1S/C22H26F4N4O4S/c1-14(15-3-4-16(18(23)11-15)13-28-35(2,32)33)21(31)27-12-17-5-6-19(22(24,25)26)29-20(17)30-7-9-34-10-8-30/h3-6,11,14,28H,7-10,12-13H2,1-2H3,(H,27,31). The molecule has 1 unspecified atom stereocenters. The third-order valence-corrected chi connectivity index (χ3v) is 6.17. The van der Waals surface area contributed by atoms with Crippen LogP contribution in [0.4, 0.5) is 23.4 Å². The number of ether oxygens (including phenoxy) is 1. The summed E-state index contributed by atoms with van der Waals surface area (Å²) in [6.07, 6.45) is -3.65. The van der Waals surface area contributed by atoms with Crippen LogP contribution in [0.1, 0.15) is 35.2 Å². The summed E-state index contributed by atoms with van der Waals surface area (Å²) >= 11 is 0. The van der Waals surface area contributed by atoms with Gasteiger partial charge in [0.05, 0.1) is 25.4 Å². The SMILES string of the molecule is CC(C(=O)NCc1ccc(C(F)(F)F)nc1N1CCOCC1)c1ccc(CNS(C)(=O)=O)c(F)c1. The van der Waals surface area contributed by atoms with Gasteiger partial charge in [0, 0.05) is 37.3 Å². The normalized spacial score (nSPS) is 15.7. The number of carbonyl (C=O) groups excluding carboxylic acids is 1. The first-order chi connectivity index (χ1) is 16.3. The third kappa shape index (κ3) is 7.36. The number of nitrogens with zero attached hydrogens (tertiary/aromatic N) is 2. The molecule has 3 rings (SSSR count). The Kier molecular flexibility index (Phi) is 8.34. The van der Waals surface area contributed by atoms with Crippen LogP contribution in [-0.4, -0.2) is 51.9 Å². The van der Waals surface area contributed by atoms with Crippen LogP contribution in [-0.2, 0) is 38.8 Å². The lowest BCUT2D eigenvalue weighted by Gasteiger charge is -2.30. The first-order valence-electron chi connectivity index (χ1n) is 10.8. The van der Waals surface area contributed by atoms with Crippen molar-refractivity contribution in [2.45, 2.75) is 32.1 Å². The van der Waals surface area contributed by atoms with Crippen LogP contribution in [0.5, 0.6) is 0 Å². The maximum Gasteiger partial charge on any atom is 0.433 e. The molecule has 2 N–H and O–H groups in total. The molecule has 0 saturated carbocycles. The van der Waals surface area contributed by atoms with Gasteiger partial charge in [-0.1, -0.05) is 18.2 Å². The Morgan fingerprint density at radius 2 is 1.80 bits per heavy atom. The second-order valence-electron chi connectivity index (χ2n) is 8.16. The molecule has 0 spiro atoms. The first kappa shape index (κ1) is 26.8. The summed E-state index contributed by atoms with van der Waals surface area (Å²) in [6.45, 7) is 2.70. The number of rotatable bonds is 8. The van der Waals surface area contributed by atoms with E-state index in [1.54, 1.807) is 11.8 Å². The van der Waals surface area contributed by atoms with Gasteiger partial charge in [-0.15, -0.1) is 0 Å². The van der Waals surface area contributed by atoms with E-state index in [4.69, 9.17) is 4.74 Å². The minimum absolute atomic E-state index is 0.0696. The van der Waals surface area contributed by atoms with Gasteiger partial charge in [0.15, 0.2) is 0 Å². The molecule has 8 nitrogen and oxygen atoms in total. The lowest BCUT2D eigenvalue weighted by Crippen LogP contribution is -2.38. The second kappa shape index (κ2) is 10.9. The number of benzene rings is 1. The van der Waals surface area contributed by atoms with Gasteiger partial charge >= 0.3 is 6.18 Å². The number of alkyl halides is 3. The van der Waals surface area contributed by atoms with Crippen molar-refractivity contribution in [2.75, 3.05) is 37.5 Å². The predicted octanol–water partition coefficient (Wildman–Crippen LogP) is 2.55. The summed E-state index contributed by atoms with van der Waals surface area (Å²) in [7, 11) is -3.49. The number of hydrogen-bond donors (Lipinski definition) is 2. The van der Waals surface area contributed by atoms with Crippen LogP contribution in [0.25, 0.3) is 0 Å². The van der Waals surface area contributed by atoms with Crippen LogP contribution in [0.2, 0.25) is 0 Å². The lowest BCUT2D eigenvalue weighted by molar-refractivity contribution is -0.141. The van der Waals surface area contributed by atoms with Gasteiger partial charge in [-0.05, 0) is 24.6 Å². The topological polar surface area (TPSA) is 101 Å². The van der Waals surface area contributed by atoms with E-state index in [9.17, 15) is 30.8 Å². The average Bonchev–Trinajstić information content (AvgIpc) is 2.80. The summed E-state index contributed by atoms with van der Waals surface area (Å²) < 4.78 is 83.9. The Labute approximate surface area is 200 Å². The summed E-state index contributed by atoms with van der Waals surface area (Å²) in [6, 6.07) is 6.22. The highest BCUT2D eigenvalue weighted by atomic mass is 32.2. The third-order valence-electron chi connectivity index (χ3n) is 5.51. The molecular weight excluding hydrogens is 492 g/mol. The van der Waals surface area contributed by atoms with E-state index in [2.05, 4.69) is 15.0 Å². The number of carbonyl (C=O) groups is 1. The molecule has 1 aliphatic rings. The first-order valence-corrected chi connectivity index (χ1v) is 12.6. The average molecular weight is 519 g/mol. The zero-order valence-electron chi connectivity index (χ0n) is 19.2. The number of amides is 1. The van der Waals surface area contributed by atoms with Gasteiger partial charge in [-0.25, -0.2) is 22.5 Å². The molecule has 192 valence electrons. The fourth-order valence-corrected chi connectivity index (χ4v) is 3.91. The van der Waals surface area contributed by atoms with E-state index >= 15 is 0 Å². The molecular formula is C22H26F4N4O4S. The van der Waals surface area contributed by atoms with E-state index < -0.39 is 39.5 Å². The zero-order chi connectivity index (χ0) is 25.8. The Morgan fingerprint density at radius 1 is 1.14 bits per heavy atom. The number of morpholine rings is 1. The van der Waals surface area contributed by atoms with Gasteiger partial charge in [0.25, 0.3) is 0 Å². The molecule has 0 radical (unpaired) electrons. The minimum Gasteiger partial charge on any atom is -0.378 e. The van der Waals surface area contributed by atoms with Crippen molar-refractivity contribution in [3.05, 3.63) is 58.5 Å². The molecule has 13 heteroatoms. The van der Waals surface area contributed by atoms with Crippen molar-refractivity contribution in [1.29, 1.82) is 0 Å². The van der Waals surface area contributed by atoms with Gasteiger partial charge in [0.2, 0.25) is 15.9 Å². The van der Waals surface area contributed by atoms with E-state index in [0.717, 1.165) is 18.4 Å². The molecule has 2 heterocycles. The van der Waals surface area contributed by atoms with E-state index in [0.29, 0.717) is 37.4 Å². The number of nitrogens with one attached hydrogen (secondary N) is 2. The fourth-order valence-electron chi connectivity index (χ4n) is 3.49. The maximum atomic E-state index is 14.4. The molecule has 1 aliphatic heterocycles. The fraction of sp³-hybridized carbons (Fsp3) is 0.455. The Balaban J connectivity index is 1.72. The summed E-state index contributed by atoms with van der Waals surface area (Å²) in [4.78, 5) is 18.2. The molecule has 2 aromatic rings. The lowest BCUT2D eigenvalue weighted by atomic mass is 9.98. The van der Waals surface area contributed by atoms with Crippen LogP contribution >= 0.6 is 0 Å². The summed E-state index contributed by atoms with van der Waals surface area (Å²) in [5.74, 6) is -1.76. The summed E-state index contributed by atoms with van der Waals surface area (Å²) in [5.41, 5.74) is -0.128. The molecule has 0 aliphatic carbocycles. The smallest absolute Gasteiger partial charge is 0.378 e. The molecule has 35 heavy (non-hydrogen) atoms. The predicted molar refractivity (Wildman–Crippen MR) is 121 cm³/mol. The van der Waals surface area contributed by atoms with E-state index in [1.165, 1.54) is 18.2 Å². The number of halogens is 4. The van der Waals surface area contributed by atoms with Crippen LogP contribution < -0.4 is 14.9 Å². The van der Waals surface area contributed by atoms with Crippen molar-refractivity contribution < 1.29 is 35.5 Å². The van der Waals surface area contributed by atoms with Crippen LogP contribution in [0.15, 0.2) is 30.3 Å². The van der Waals surface area contributed by atoms with Crippen molar-refractivity contribution in [3.63, 3.8) is 0 Å². The molecule has 1 saturated heterocycles. The van der Waals surface area contributed by atoms with Crippen LogP contribution in [0, 0.1) is 5.82 Å². The highest BCUT2D eigenvalue weighted by Gasteiger charge is 2.34. The molecule has 1 aromatic heterocycles. The largest absolute Gasteiger partial charge is 0.433 e. The number of aromatic nitrogens is 1. The quantitative estimate of drug-likeness (QED) is 0.521. The van der Waals surface area contributed by atoms with Gasteiger partial charge in [-0.2, -0.15) is 13.2 Å². The zero-order valence-corrected chi connectivity index (χ0v) is 20.0. The highest BCUT2D eigenvalue weighted by Crippen LogP contribution is 2.31. The van der Waals surface area contributed by atoms with E-state index in [1.807, 2.05) is 0 Å². The minimum atomic E-state index is -4.61. The molecule has 0 bridgehead atoms. The molecule has 1 fully saturated rings. The number of sulfonamides is 1. The Hall–Kier alpha value is -2.77. The molecule has 1 aromatic carbocycles. The highest BCUT2D eigenvalue weighted by molar-refractivity contribution is 7.88. The van der Waals surface area contributed by atoms with Gasteiger partial charge in [-0.3, -0.25) is 4.79 Å². The summed E-state index contributed by atoms with van der Waals surface area (Å²) in [5, 5.41) is 2.68. The van der Waals surface area contributed by atoms with Gasteiger partial charge < -0.3 is 15.0 Å². The monoisotopic (exact) mass is 518 g/mol. The molecule has 1 amide bonds. The molecule has 1 atom stereocenters. The van der Waals surface area contributed by atoms with Gasteiger partial charge in [0.1, 0.15) is 17.3 Å². The van der Waals surface area contributed by atoms with Crippen molar-refractivity contribution in [1.82, 2.24) is 15.0 Å². The Bertz CT molecular complexity index is 1170. The van der Waals surface area contributed by atoms with Crippen molar-refractivity contribution in [2.24, 2.45) is 0 Å². The number of anilines is 1. The van der Waals surface area contributed by atoms with Crippen LogP contribution in [0.3, 0.4) is 0 Å². The second-order valence-corrected chi connectivity index (χ2v) is 9.99. The van der Waals surface area contributed by atoms with E-state index in [-0.39, 0.29) is 24.5 Å². The number of pyridine rings is 1. The van der Waals surface area contributed by atoms with Crippen molar-refractivity contribution >= 4 is 21.7 Å². The number of hydrogen-bond acceptors (Lipinski definition) is 6. The van der Waals surface area contributed by atoms with Crippen molar-refractivity contribution in [3.8, 4) is 0 Å². The Morgan fingerprint density at radius 3 is 2.40 bits per heavy atom.